The zero-order valence-electron chi connectivity index (χ0n) is 10.5. The number of esters is 1. The first kappa shape index (κ1) is 15.2. The van der Waals surface area contributed by atoms with E-state index in [1.165, 1.54) is 18.2 Å². The lowest BCUT2D eigenvalue weighted by molar-refractivity contribution is -0.385. The lowest BCUT2D eigenvalue weighted by Crippen LogP contribution is -2.05. The van der Waals surface area contributed by atoms with Crippen molar-refractivity contribution in [3.8, 4) is 0 Å². The molecule has 0 aromatic heterocycles. The Morgan fingerprint density at radius 1 is 1.53 bits per heavy atom. The van der Waals surface area contributed by atoms with Crippen LogP contribution in [0.2, 0.25) is 0 Å². The van der Waals surface area contributed by atoms with Gasteiger partial charge in [0.05, 0.1) is 22.7 Å². The molecule has 0 spiro atoms. The van der Waals surface area contributed by atoms with Gasteiger partial charge in [-0.25, -0.2) is 4.79 Å². The molecule has 5 nitrogen and oxygen atoms in total. The van der Waals surface area contributed by atoms with E-state index in [1.807, 2.05) is 0 Å². The molecule has 0 saturated carbocycles. The van der Waals surface area contributed by atoms with Crippen LogP contribution in [0.1, 0.15) is 29.3 Å². The van der Waals surface area contributed by atoms with Gasteiger partial charge in [0.1, 0.15) is 0 Å². The molecule has 0 heterocycles. The van der Waals surface area contributed by atoms with Gasteiger partial charge in [0.15, 0.2) is 0 Å². The van der Waals surface area contributed by atoms with Gasteiger partial charge in [0.2, 0.25) is 0 Å². The Labute approximate surface area is 116 Å². The van der Waals surface area contributed by atoms with Crippen LogP contribution in [0.15, 0.2) is 24.3 Å². The molecule has 0 saturated heterocycles. The number of benzene rings is 1. The number of nitro benzene ring substituents is 1. The van der Waals surface area contributed by atoms with Crippen molar-refractivity contribution in [2.75, 3.05) is 12.5 Å². The number of hydrogen-bond donors (Lipinski definition) is 0. The Kier molecular flexibility index (Phi) is 6.02. The van der Waals surface area contributed by atoms with Gasteiger partial charge in [-0.1, -0.05) is 12.2 Å². The Balaban J connectivity index is 3.07. The molecule has 1 aromatic rings. The van der Waals surface area contributed by atoms with E-state index in [-0.39, 0.29) is 17.9 Å². The van der Waals surface area contributed by atoms with Crippen molar-refractivity contribution in [2.45, 2.75) is 13.3 Å². The summed E-state index contributed by atoms with van der Waals surface area (Å²) in [5.74, 6) is -0.118. The van der Waals surface area contributed by atoms with Crippen LogP contribution in [-0.4, -0.2) is 23.4 Å². The molecule has 0 aliphatic rings. The van der Waals surface area contributed by atoms with Gasteiger partial charge in [-0.3, -0.25) is 10.1 Å². The molecule has 0 fully saturated rings. The van der Waals surface area contributed by atoms with Crippen molar-refractivity contribution in [2.24, 2.45) is 0 Å². The van der Waals surface area contributed by atoms with Gasteiger partial charge in [-0.05, 0) is 25.5 Å². The number of ether oxygens (including phenoxy) is 1. The van der Waals surface area contributed by atoms with Crippen LogP contribution < -0.4 is 0 Å². The molecule has 1 rings (SSSR count). The highest BCUT2D eigenvalue weighted by molar-refractivity contribution is 6.17. The highest BCUT2D eigenvalue weighted by Crippen LogP contribution is 2.22. The molecular formula is C13H14ClNO4. The van der Waals surface area contributed by atoms with Crippen LogP contribution >= 0.6 is 11.6 Å². The minimum Gasteiger partial charge on any atom is -0.462 e. The number of allylic oxidation sites excluding steroid dienone is 1. The fourth-order valence-electron chi connectivity index (χ4n) is 1.46. The molecule has 1 aromatic carbocycles. The Bertz CT molecular complexity index is 499. The molecule has 6 heteroatoms. The second kappa shape index (κ2) is 7.53. The topological polar surface area (TPSA) is 69.4 Å². The van der Waals surface area contributed by atoms with Crippen molar-refractivity contribution in [1.82, 2.24) is 0 Å². The van der Waals surface area contributed by atoms with E-state index in [0.717, 1.165) is 0 Å². The number of nitro groups is 1. The van der Waals surface area contributed by atoms with Gasteiger partial charge >= 0.3 is 5.97 Å². The maximum Gasteiger partial charge on any atom is 0.338 e. The third kappa shape index (κ3) is 4.37. The first-order valence-corrected chi connectivity index (χ1v) is 6.31. The number of carbonyl (C=O) groups excluding carboxylic acids is 1. The number of nitrogens with zero attached hydrogens (tertiary/aromatic N) is 1. The second-order valence-corrected chi connectivity index (χ2v) is 4.01. The van der Waals surface area contributed by atoms with Crippen molar-refractivity contribution < 1.29 is 14.5 Å². The molecule has 19 heavy (non-hydrogen) atoms. The van der Waals surface area contributed by atoms with E-state index < -0.39 is 10.9 Å². The number of carbonyl (C=O) groups is 1. The maximum atomic E-state index is 11.5. The van der Waals surface area contributed by atoms with Crippen LogP contribution in [0.3, 0.4) is 0 Å². The fraction of sp³-hybridized carbons (Fsp3) is 0.308. The van der Waals surface area contributed by atoms with E-state index in [2.05, 4.69) is 0 Å². The lowest BCUT2D eigenvalue weighted by Gasteiger charge is -2.03. The largest absolute Gasteiger partial charge is 0.462 e. The zero-order chi connectivity index (χ0) is 14.3. The molecule has 0 aliphatic heterocycles. The van der Waals surface area contributed by atoms with Crippen molar-refractivity contribution >= 4 is 29.3 Å². The highest BCUT2D eigenvalue weighted by Gasteiger charge is 2.16. The van der Waals surface area contributed by atoms with E-state index >= 15 is 0 Å². The van der Waals surface area contributed by atoms with Gasteiger partial charge in [-0.15, -0.1) is 11.6 Å². The van der Waals surface area contributed by atoms with E-state index in [9.17, 15) is 14.9 Å². The molecule has 0 aliphatic carbocycles. The second-order valence-electron chi connectivity index (χ2n) is 3.63. The first-order chi connectivity index (χ1) is 9.10. The number of rotatable bonds is 6. The standard InChI is InChI=1S/C13H14ClNO4/c1-2-19-13(16)11-7-6-10(5-3-4-8-14)12(9-11)15(17)18/h3,5-7,9H,2,4,8H2,1H3. The minimum atomic E-state index is -0.568. The van der Waals surface area contributed by atoms with Crippen LogP contribution in [0, 0.1) is 10.1 Å². The molecule has 0 N–H and O–H groups in total. The monoisotopic (exact) mass is 283 g/mol. The fourth-order valence-corrected chi connectivity index (χ4v) is 1.58. The Morgan fingerprint density at radius 3 is 2.84 bits per heavy atom. The normalized spacial score (nSPS) is 10.6. The van der Waals surface area contributed by atoms with E-state index in [1.54, 1.807) is 19.1 Å². The van der Waals surface area contributed by atoms with Crippen molar-refractivity contribution in [1.29, 1.82) is 0 Å². The predicted molar refractivity (Wildman–Crippen MR) is 73.4 cm³/mol. The Hall–Kier alpha value is -1.88. The average molecular weight is 284 g/mol. The van der Waals surface area contributed by atoms with Crippen LogP contribution in [0.4, 0.5) is 5.69 Å². The third-order valence-electron chi connectivity index (χ3n) is 2.31. The highest BCUT2D eigenvalue weighted by atomic mass is 35.5. The molecule has 0 bridgehead atoms. The number of halogens is 1. The number of hydrogen-bond acceptors (Lipinski definition) is 4. The summed E-state index contributed by atoms with van der Waals surface area (Å²) >= 11 is 5.53. The summed E-state index contributed by atoms with van der Waals surface area (Å²) in [6.45, 7) is 1.90. The van der Waals surface area contributed by atoms with Crippen molar-refractivity contribution in [3.05, 3.63) is 45.5 Å². The zero-order valence-corrected chi connectivity index (χ0v) is 11.2. The van der Waals surface area contributed by atoms with E-state index in [4.69, 9.17) is 16.3 Å². The Morgan fingerprint density at radius 2 is 2.26 bits per heavy atom. The summed E-state index contributed by atoms with van der Waals surface area (Å²) in [5.41, 5.74) is 0.475. The first-order valence-electron chi connectivity index (χ1n) is 5.78. The third-order valence-corrected chi connectivity index (χ3v) is 2.53. The van der Waals surface area contributed by atoms with Gasteiger partial charge in [0.25, 0.3) is 5.69 Å². The molecule has 0 atom stereocenters. The smallest absolute Gasteiger partial charge is 0.338 e. The number of alkyl halides is 1. The molecule has 102 valence electrons. The molecule has 0 unspecified atom stereocenters. The summed E-state index contributed by atoms with van der Waals surface area (Å²) in [6.07, 6.45) is 3.99. The summed E-state index contributed by atoms with van der Waals surface area (Å²) in [7, 11) is 0. The average Bonchev–Trinajstić information content (AvgIpc) is 2.39. The SMILES string of the molecule is CCOC(=O)c1ccc(C=CCCCl)c([N+](=O)[O-])c1. The predicted octanol–water partition coefficient (Wildman–Crippen LogP) is 3.41. The van der Waals surface area contributed by atoms with Crippen LogP contribution in [0.25, 0.3) is 6.08 Å². The van der Waals surface area contributed by atoms with Gasteiger partial charge in [0, 0.05) is 11.9 Å². The minimum absolute atomic E-state index is 0.128. The van der Waals surface area contributed by atoms with Gasteiger partial charge in [-0.2, -0.15) is 0 Å². The molecule has 0 amide bonds. The quantitative estimate of drug-likeness (QED) is 0.347. The summed E-state index contributed by atoms with van der Waals surface area (Å²) in [5, 5.41) is 11.0. The van der Waals surface area contributed by atoms with Crippen LogP contribution in [-0.2, 0) is 4.74 Å². The molecular weight excluding hydrogens is 270 g/mol. The maximum absolute atomic E-state index is 11.5. The van der Waals surface area contributed by atoms with Gasteiger partial charge < -0.3 is 4.74 Å². The lowest BCUT2D eigenvalue weighted by atomic mass is 10.1. The summed E-state index contributed by atoms with van der Waals surface area (Å²) < 4.78 is 4.80. The molecule has 0 radical (unpaired) electrons. The summed E-state index contributed by atoms with van der Waals surface area (Å²) in [4.78, 5) is 22.0. The summed E-state index contributed by atoms with van der Waals surface area (Å²) in [6, 6.07) is 4.25. The van der Waals surface area contributed by atoms with Crippen LogP contribution in [0.5, 0.6) is 0 Å². The van der Waals surface area contributed by atoms with Crippen molar-refractivity contribution in [3.63, 3.8) is 0 Å². The van der Waals surface area contributed by atoms with E-state index in [0.29, 0.717) is 17.9 Å².